The summed E-state index contributed by atoms with van der Waals surface area (Å²) in [5.41, 5.74) is -0.105. The van der Waals surface area contributed by atoms with Gasteiger partial charge in [0.1, 0.15) is 0 Å². The van der Waals surface area contributed by atoms with Gasteiger partial charge >= 0.3 is 12.4 Å². The van der Waals surface area contributed by atoms with E-state index in [0.717, 1.165) is 18.2 Å². The fraction of sp³-hybridized carbons (Fsp3) is 0.417. The van der Waals surface area contributed by atoms with Crippen LogP contribution in [0.3, 0.4) is 0 Å². The van der Waals surface area contributed by atoms with E-state index in [4.69, 9.17) is 5.84 Å². The predicted molar refractivity (Wildman–Crippen MR) is 133 cm³/mol. The molecule has 0 radical (unpaired) electrons. The zero-order valence-corrected chi connectivity index (χ0v) is 21.2. The van der Waals surface area contributed by atoms with Crippen molar-refractivity contribution in [2.45, 2.75) is 42.9 Å². The van der Waals surface area contributed by atoms with Gasteiger partial charge in [-0.05, 0) is 67.9 Å². The molecule has 2 aromatic carbocycles. The number of anilines is 2. The molecule has 1 heterocycles. The Hall–Kier alpha value is -3.17. The normalized spacial score (nSPS) is 18.7. The van der Waals surface area contributed by atoms with Crippen molar-refractivity contribution in [1.82, 2.24) is 14.7 Å². The van der Waals surface area contributed by atoms with Crippen molar-refractivity contribution in [2.24, 2.45) is 17.7 Å². The van der Waals surface area contributed by atoms with E-state index < -0.39 is 38.4 Å². The Balaban J connectivity index is 1.34. The summed E-state index contributed by atoms with van der Waals surface area (Å²) < 4.78 is 106. The van der Waals surface area contributed by atoms with Gasteiger partial charge in [-0.3, -0.25) is 0 Å². The molecule has 0 aliphatic heterocycles. The van der Waals surface area contributed by atoms with E-state index in [9.17, 15) is 34.8 Å². The molecule has 3 aromatic rings. The highest BCUT2D eigenvalue weighted by atomic mass is 32.2. The van der Waals surface area contributed by atoms with E-state index >= 15 is 0 Å². The molecule has 5 N–H and O–H groups in total. The number of benzene rings is 2. The van der Waals surface area contributed by atoms with Gasteiger partial charge in [0.2, 0.25) is 16.0 Å². The number of hydrogen-bond acceptors (Lipinski definition) is 7. The molecule has 0 spiro atoms. The van der Waals surface area contributed by atoms with Gasteiger partial charge in [-0.15, -0.1) is 0 Å². The molecule has 0 amide bonds. The third-order valence-corrected chi connectivity index (χ3v) is 8.09. The maximum atomic E-state index is 13.1. The van der Waals surface area contributed by atoms with Crippen molar-refractivity contribution < 1.29 is 34.8 Å². The molecule has 1 aliphatic carbocycles. The zero-order chi connectivity index (χ0) is 28.4. The monoisotopic (exact) mass is 576 g/mol. The summed E-state index contributed by atoms with van der Waals surface area (Å²) in [6.07, 6.45) is -7.57. The molecule has 1 aliphatic rings. The molecule has 0 saturated heterocycles. The summed E-state index contributed by atoms with van der Waals surface area (Å²) in [6, 6.07) is 7.67. The lowest BCUT2D eigenvalue weighted by atomic mass is 9.82. The number of fused-ring (bicyclic) bond motifs is 1. The van der Waals surface area contributed by atoms with E-state index in [-0.39, 0.29) is 36.6 Å². The predicted octanol–water partition coefficient (Wildman–Crippen LogP) is 5.15. The van der Waals surface area contributed by atoms with Crippen molar-refractivity contribution in [3.8, 4) is 0 Å². The first kappa shape index (κ1) is 28.8. The smallest absolute Gasteiger partial charge is 0.354 e. The van der Waals surface area contributed by atoms with Crippen LogP contribution < -0.4 is 21.3 Å². The Kier molecular flexibility index (Phi) is 8.23. The molecular formula is C24H26F6N6O2S. The van der Waals surface area contributed by atoms with Crippen molar-refractivity contribution in [1.29, 1.82) is 0 Å². The Morgan fingerprint density at radius 2 is 1.41 bits per heavy atom. The molecule has 8 nitrogen and oxygen atoms in total. The first-order valence-corrected chi connectivity index (χ1v) is 13.5. The lowest BCUT2D eigenvalue weighted by Gasteiger charge is -2.28. The summed E-state index contributed by atoms with van der Waals surface area (Å²) in [7, 11) is -4.60. The second kappa shape index (κ2) is 11.1. The molecule has 15 heteroatoms. The van der Waals surface area contributed by atoms with Crippen LogP contribution in [-0.2, 0) is 22.4 Å². The molecule has 1 saturated carbocycles. The number of aromatic nitrogens is 2. The van der Waals surface area contributed by atoms with Gasteiger partial charge in [-0.25, -0.2) is 24.0 Å². The van der Waals surface area contributed by atoms with Crippen molar-refractivity contribution in [2.75, 3.05) is 23.8 Å². The van der Waals surface area contributed by atoms with Crippen LogP contribution in [0.15, 0.2) is 47.4 Å². The Bertz CT molecular complexity index is 1390. The summed E-state index contributed by atoms with van der Waals surface area (Å²) in [5.74, 6) is 6.56. The number of halogens is 6. The van der Waals surface area contributed by atoms with Crippen LogP contribution >= 0.6 is 0 Å². The summed E-state index contributed by atoms with van der Waals surface area (Å²) in [5, 5.41) is 3.97. The number of alkyl halides is 6. The maximum absolute atomic E-state index is 13.1. The van der Waals surface area contributed by atoms with Crippen LogP contribution in [0.5, 0.6) is 0 Å². The Labute approximate surface area is 220 Å². The highest BCUT2D eigenvalue weighted by Gasteiger charge is 2.38. The first-order chi connectivity index (χ1) is 18.3. The number of sulfonamides is 1. The fourth-order valence-corrected chi connectivity index (χ4v) is 5.72. The van der Waals surface area contributed by atoms with Gasteiger partial charge < -0.3 is 10.7 Å². The Morgan fingerprint density at radius 3 is 1.97 bits per heavy atom. The number of nitrogens with zero attached hydrogens (tertiary/aromatic N) is 2. The summed E-state index contributed by atoms with van der Waals surface area (Å²) in [4.78, 5) is 7.77. The zero-order valence-electron chi connectivity index (χ0n) is 20.4. The molecule has 0 bridgehead atoms. The molecule has 212 valence electrons. The van der Waals surface area contributed by atoms with Gasteiger partial charge in [0.15, 0.2) is 5.82 Å². The Morgan fingerprint density at radius 1 is 0.846 bits per heavy atom. The second-order valence-corrected chi connectivity index (χ2v) is 11.2. The topological polar surface area (TPSA) is 122 Å². The minimum Gasteiger partial charge on any atom is -0.354 e. The second-order valence-electron chi connectivity index (χ2n) is 9.42. The van der Waals surface area contributed by atoms with Crippen LogP contribution in [0.25, 0.3) is 10.9 Å². The summed E-state index contributed by atoms with van der Waals surface area (Å²) >= 11 is 0. The van der Waals surface area contributed by atoms with Gasteiger partial charge in [-0.1, -0.05) is 12.1 Å². The quantitative estimate of drug-likeness (QED) is 0.166. The van der Waals surface area contributed by atoms with E-state index in [0.29, 0.717) is 36.7 Å². The van der Waals surface area contributed by atoms with Crippen LogP contribution in [0.2, 0.25) is 0 Å². The number of nitrogen functional groups attached to an aromatic ring is 1. The van der Waals surface area contributed by atoms with Crippen molar-refractivity contribution in [3.63, 3.8) is 0 Å². The minimum atomic E-state index is -5.14. The number of nitrogens with two attached hydrogens (primary N) is 1. The standard InChI is InChI=1S/C24H26F6N6O2S/c25-23(26,27)16-9-17(24(28,29)30)11-18(10-16)39(37,38)33-13-15-7-5-14(6-8-15)12-32-22-34-20-4-2-1-3-19(20)21(35-22)36-31/h1-4,9-11,14-15,33H,5-8,12-13,31H2,(H2,32,34,35,36). The first-order valence-electron chi connectivity index (χ1n) is 12.0. The highest BCUT2D eigenvalue weighted by Crippen LogP contribution is 2.37. The summed E-state index contributed by atoms with van der Waals surface area (Å²) in [6.45, 7) is 0.463. The van der Waals surface area contributed by atoms with Crippen molar-refractivity contribution in [3.05, 3.63) is 53.6 Å². The van der Waals surface area contributed by atoms with Gasteiger partial charge in [-0.2, -0.15) is 31.3 Å². The largest absolute Gasteiger partial charge is 0.416 e. The minimum absolute atomic E-state index is 0.0978. The number of hydrogen-bond donors (Lipinski definition) is 4. The fourth-order valence-electron chi connectivity index (χ4n) is 4.53. The number of nitrogens with one attached hydrogen (secondary N) is 3. The van der Waals surface area contributed by atoms with Crippen LogP contribution in [-0.4, -0.2) is 31.5 Å². The molecular weight excluding hydrogens is 550 g/mol. The average molecular weight is 577 g/mol. The molecule has 39 heavy (non-hydrogen) atoms. The highest BCUT2D eigenvalue weighted by molar-refractivity contribution is 7.89. The lowest BCUT2D eigenvalue weighted by Crippen LogP contribution is -2.32. The van der Waals surface area contributed by atoms with E-state index in [1.54, 1.807) is 0 Å². The SMILES string of the molecule is NNc1nc(NCC2CCC(CNS(=O)(=O)c3cc(C(F)(F)F)cc(C(F)(F)F)c3)CC2)nc2ccccc12. The maximum Gasteiger partial charge on any atom is 0.416 e. The molecule has 0 unspecified atom stereocenters. The van der Waals surface area contributed by atoms with Crippen molar-refractivity contribution >= 4 is 32.7 Å². The number of hydrazine groups is 1. The van der Waals surface area contributed by atoms with E-state index in [1.807, 2.05) is 24.3 Å². The molecule has 4 rings (SSSR count). The van der Waals surface area contributed by atoms with Gasteiger partial charge in [0.05, 0.1) is 21.5 Å². The van der Waals surface area contributed by atoms with E-state index in [1.165, 1.54) is 0 Å². The third kappa shape index (κ3) is 7.08. The lowest BCUT2D eigenvalue weighted by molar-refractivity contribution is -0.143. The van der Waals surface area contributed by atoms with Crippen LogP contribution in [0.1, 0.15) is 36.8 Å². The molecule has 1 aromatic heterocycles. The number of para-hydroxylation sites is 1. The van der Waals surface area contributed by atoms with Gasteiger partial charge in [0.25, 0.3) is 0 Å². The third-order valence-electron chi connectivity index (χ3n) is 6.69. The van der Waals surface area contributed by atoms with Crippen LogP contribution in [0.4, 0.5) is 38.1 Å². The molecule has 1 fully saturated rings. The average Bonchev–Trinajstić information content (AvgIpc) is 2.89. The van der Waals surface area contributed by atoms with Gasteiger partial charge in [0, 0.05) is 18.5 Å². The van der Waals surface area contributed by atoms with E-state index in [2.05, 4.69) is 25.4 Å². The van der Waals surface area contributed by atoms with Crippen LogP contribution in [0, 0.1) is 11.8 Å². The number of rotatable bonds is 8. The molecule has 0 atom stereocenters.